The van der Waals surface area contributed by atoms with Crippen molar-refractivity contribution in [3.8, 4) is 6.07 Å². The number of rotatable bonds is 7. The summed E-state index contributed by atoms with van der Waals surface area (Å²) in [4.78, 5) is 0. The van der Waals surface area contributed by atoms with Crippen LogP contribution in [-0.4, -0.2) is 29.3 Å². The van der Waals surface area contributed by atoms with E-state index >= 15 is 0 Å². The van der Waals surface area contributed by atoms with Crippen LogP contribution in [0.1, 0.15) is 151 Å². The predicted octanol–water partition coefficient (Wildman–Crippen LogP) is 8.44. The van der Waals surface area contributed by atoms with Gasteiger partial charge in [0.2, 0.25) is 0 Å². The SMILES string of the molecule is C.CC.CC12CC(O)/C(=C(\CCC#N)CCCNC3CCCCC3)C1CCC1(N)C2CCC2CCCCC21C. The van der Waals surface area contributed by atoms with Crippen molar-refractivity contribution in [2.45, 2.75) is 168 Å². The molecule has 5 rings (SSSR count). The summed E-state index contributed by atoms with van der Waals surface area (Å²) in [5, 5.41) is 24.8. The molecule has 4 N–H and O–H groups in total. The van der Waals surface area contributed by atoms with Gasteiger partial charge in [0, 0.05) is 18.0 Å². The van der Waals surface area contributed by atoms with Crippen LogP contribution < -0.4 is 11.1 Å². The Kier molecular flexibility index (Phi) is 11.6. The van der Waals surface area contributed by atoms with Crippen molar-refractivity contribution in [3.63, 3.8) is 0 Å². The highest BCUT2D eigenvalue weighted by Gasteiger charge is 2.66. The summed E-state index contributed by atoms with van der Waals surface area (Å²) in [5.41, 5.74) is 10.6. The lowest BCUT2D eigenvalue weighted by molar-refractivity contribution is -0.133. The van der Waals surface area contributed by atoms with Gasteiger partial charge in [-0.1, -0.05) is 72.8 Å². The molecule has 4 heteroatoms. The summed E-state index contributed by atoms with van der Waals surface area (Å²) < 4.78 is 0. The largest absolute Gasteiger partial charge is 0.389 e. The molecular weight excluding hydrogens is 478 g/mol. The molecule has 7 atom stereocenters. The maximum Gasteiger partial charge on any atom is 0.0761 e. The molecular formula is C35H63N3O. The molecule has 0 aromatic rings. The van der Waals surface area contributed by atoms with E-state index in [-0.39, 0.29) is 29.9 Å². The molecule has 0 spiro atoms. The fourth-order valence-electron chi connectivity index (χ4n) is 10.4. The molecule has 4 nitrogen and oxygen atoms in total. The minimum absolute atomic E-state index is 0. The zero-order valence-electron chi connectivity index (χ0n) is 25.3. The van der Waals surface area contributed by atoms with E-state index in [0.717, 1.165) is 51.0 Å². The number of fused-ring (bicyclic) bond motifs is 5. The second-order valence-corrected chi connectivity index (χ2v) is 14.0. The van der Waals surface area contributed by atoms with Crippen LogP contribution in [0.3, 0.4) is 0 Å². The quantitative estimate of drug-likeness (QED) is 0.223. The molecule has 0 bridgehead atoms. The molecule has 0 saturated heterocycles. The standard InChI is InChI=1S/C32H53N3O.C2H6.CH4/c1-30-22-27(36)29(23(10-8-20-33)11-9-21-35-25-13-4-3-5-14-25)26(30)17-19-32(34)28(30)16-15-24-12-6-7-18-31(24,32)2;1-2;/h24-28,35-36H,3-19,21-22,34H2,1-2H3;1-2H3;1H4/b29-23+;;. The number of nitriles is 1. The van der Waals surface area contributed by atoms with Crippen molar-refractivity contribution < 1.29 is 5.11 Å². The highest BCUT2D eigenvalue weighted by Crippen LogP contribution is 2.69. The van der Waals surface area contributed by atoms with Gasteiger partial charge in [0.25, 0.3) is 0 Å². The van der Waals surface area contributed by atoms with Crippen molar-refractivity contribution in [3.05, 3.63) is 11.1 Å². The molecule has 0 heterocycles. The monoisotopic (exact) mass is 541 g/mol. The fourth-order valence-corrected chi connectivity index (χ4v) is 10.4. The first kappa shape index (κ1) is 32.6. The minimum Gasteiger partial charge on any atom is -0.389 e. The van der Waals surface area contributed by atoms with Crippen molar-refractivity contribution in [1.29, 1.82) is 5.26 Å². The highest BCUT2D eigenvalue weighted by atomic mass is 16.3. The first-order valence-electron chi connectivity index (χ1n) is 16.6. The average Bonchev–Trinajstić information content (AvgIpc) is 3.19. The van der Waals surface area contributed by atoms with E-state index in [1.54, 1.807) is 0 Å². The van der Waals surface area contributed by atoms with E-state index in [4.69, 9.17) is 5.73 Å². The molecule has 5 saturated carbocycles. The molecule has 0 amide bonds. The van der Waals surface area contributed by atoms with Crippen molar-refractivity contribution in [2.24, 2.45) is 34.3 Å². The van der Waals surface area contributed by atoms with Crippen LogP contribution in [0.5, 0.6) is 0 Å². The topological polar surface area (TPSA) is 82.1 Å². The molecule has 5 aliphatic carbocycles. The molecule has 0 aliphatic heterocycles. The first-order valence-corrected chi connectivity index (χ1v) is 16.6. The Hall–Kier alpha value is -0.890. The molecule has 5 aliphatic rings. The summed E-state index contributed by atoms with van der Waals surface area (Å²) in [6, 6.07) is 3.09. The number of aliphatic hydroxyl groups excluding tert-OH is 1. The molecule has 0 radical (unpaired) electrons. The summed E-state index contributed by atoms with van der Waals surface area (Å²) in [6.07, 6.45) is 21.0. The maximum atomic E-state index is 11.6. The van der Waals surface area contributed by atoms with Crippen LogP contribution >= 0.6 is 0 Å². The van der Waals surface area contributed by atoms with Crippen LogP contribution in [0.4, 0.5) is 0 Å². The van der Waals surface area contributed by atoms with Crippen LogP contribution in [0.15, 0.2) is 11.1 Å². The number of hydrogen-bond donors (Lipinski definition) is 3. The van der Waals surface area contributed by atoms with Crippen molar-refractivity contribution in [2.75, 3.05) is 6.54 Å². The van der Waals surface area contributed by atoms with Gasteiger partial charge in [0.1, 0.15) is 0 Å². The van der Waals surface area contributed by atoms with E-state index in [1.807, 2.05) is 13.8 Å². The van der Waals surface area contributed by atoms with Gasteiger partial charge in [-0.05, 0) is 118 Å². The van der Waals surface area contributed by atoms with E-state index in [9.17, 15) is 10.4 Å². The fraction of sp³-hybridized carbons (Fsp3) is 0.914. The third-order valence-corrected chi connectivity index (χ3v) is 12.3. The number of nitrogens with one attached hydrogen (secondary N) is 1. The second-order valence-electron chi connectivity index (χ2n) is 14.0. The van der Waals surface area contributed by atoms with E-state index in [1.165, 1.54) is 81.8 Å². The number of nitrogens with zero attached hydrogens (tertiary/aromatic N) is 1. The molecule has 39 heavy (non-hydrogen) atoms. The number of nitrogens with two attached hydrogens (primary N) is 1. The van der Waals surface area contributed by atoms with E-state index in [2.05, 4.69) is 25.2 Å². The van der Waals surface area contributed by atoms with Crippen molar-refractivity contribution in [1.82, 2.24) is 5.32 Å². The Morgan fingerprint density at radius 3 is 2.41 bits per heavy atom. The molecule has 0 aromatic heterocycles. The van der Waals surface area contributed by atoms with E-state index in [0.29, 0.717) is 24.3 Å². The Balaban J connectivity index is 0.00000137. The smallest absolute Gasteiger partial charge is 0.0761 e. The molecule has 7 unspecified atom stereocenters. The van der Waals surface area contributed by atoms with Gasteiger partial charge in [0.15, 0.2) is 0 Å². The van der Waals surface area contributed by atoms with Gasteiger partial charge >= 0.3 is 0 Å². The zero-order chi connectivity index (χ0) is 27.4. The minimum atomic E-state index is -0.348. The van der Waals surface area contributed by atoms with Crippen molar-refractivity contribution >= 4 is 0 Å². The lowest BCUT2D eigenvalue weighted by Gasteiger charge is -2.66. The third-order valence-electron chi connectivity index (χ3n) is 12.3. The summed E-state index contributed by atoms with van der Waals surface area (Å²) in [6.45, 7) is 10.1. The van der Waals surface area contributed by atoms with Crippen LogP contribution in [0.25, 0.3) is 0 Å². The summed E-state index contributed by atoms with van der Waals surface area (Å²) >= 11 is 0. The number of allylic oxidation sites excluding steroid dienone is 1. The Morgan fingerprint density at radius 2 is 1.69 bits per heavy atom. The predicted molar refractivity (Wildman–Crippen MR) is 165 cm³/mol. The Morgan fingerprint density at radius 1 is 0.974 bits per heavy atom. The lowest BCUT2D eigenvalue weighted by Crippen LogP contribution is -2.70. The normalized spacial score (nSPS) is 41.1. The van der Waals surface area contributed by atoms with Gasteiger partial charge in [-0.25, -0.2) is 0 Å². The first-order chi connectivity index (χ1) is 18.3. The molecule has 5 fully saturated rings. The van der Waals surface area contributed by atoms with Gasteiger partial charge in [-0.3, -0.25) is 0 Å². The van der Waals surface area contributed by atoms with Crippen LogP contribution in [0.2, 0.25) is 0 Å². The lowest BCUT2D eigenvalue weighted by atomic mass is 9.40. The van der Waals surface area contributed by atoms with Gasteiger partial charge in [-0.2, -0.15) is 5.26 Å². The average molecular weight is 542 g/mol. The number of aliphatic hydroxyl groups is 1. The summed E-state index contributed by atoms with van der Waals surface area (Å²) in [5.74, 6) is 1.73. The molecule has 0 aromatic carbocycles. The van der Waals surface area contributed by atoms with Crippen LogP contribution in [-0.2, 0) is 0 Å². The Bertz CT molecular complexity index is 856. The Labute approximate surface area is 242 Å². The number of hydrogen-bond acceptors (Lipinski definition) is 4. The zero-order valence-corrected chi connectivity index (χ0v) is 25.3. The van der Waals surface area contributed by atoms with Crippen LogP contribution in [0, 0.1) is 39.9 Å². The third kappa shape index (κ3) is 6.03. The van der Waals surface area contributed by atoms with E-state index < -0.39 is 0 Å². The maximum absolute atomic E-state index is 11.6. The summed E-state index contributed by atoms with van der Waals surface area (Å²) in [7, 11) is 0. The molecule has 224 valence electrons. The van der Waals surface area contributed by atoms with Gasteiger partial charge in [-0.15, -0.1) is 0 Å². The van der Waals surface area contributed by atoms with Gasteiger partial charge < -0.3 is 16.2 Å². The van der Waals surface area contributed by atoms with Gasteiger partial charge in [0.05, 0.1) is 12.2 Å². The second kappa shape index (κ2) is 13.8. The highest BCUT2D eigenvalue weighted by molar-refractivity contribution is 5.33.